The molecule has 0 radical (unpaired) electrons. The molecule has 0 spiro atoms. The van der Waals surface area contributed by atoms with Gasteiger partial charge in [0.05, 0.1) is 6.10 Å². The van der Waals surface area contributed by atoms with E-state index in [1.54, 1.807) is 0 Å². The molecule has 1 aliphatic carbocycles. The van der Waals surface area contributed by atoms with E-state index in [4.69, 9.17) is 4.74 Å². The molecule has 15 heavy (non-hydrogen) atoms. The highest BCUT2D eigenvalue weighted by molar-refractivity contribution is 9.09. The molecule has 1 fully saturated rings. The maximum absolute atomic E-state index is 6.00. The number of halogens is 1. The lowest BCUT2D eigenvalue weighted by Crippen LogP contribution is -2.53. The van der Waals surface area contributed by atoms with Gasteiger partial charge in [0.2, 0.25) is 0 Å². The van der Waals surface area contributed by atoms with E-state index in [2.05, 4.69) is 50.5 Å². The minimum Gasteiger partial charge on any atom is -0.378 e. The van der Waals surface area contributed by atoms with Crippen LogP contribution in [0.4, 0.5) is 0 Å². The minimum atomic E-state index is 0.359. The van der Waals surface area contributed by atoms with Gasteiger partial charge < -0.3 is 4.74 Å². The van der Waals surface area contributed by atoms with Crippen molar-refractivity contribution in [1.29, 1.82) is 0 Å². The SMILES string of the molecule is CCC1(C)C(Br)CC1OCCC(C)(C)C. The van der Waals surface area contributed by atoms with Crippen LogP contribution in [0, 0.1) is 10.8 Å². The Morgan fingerprint density at radius 1 is 1.40 bits per heavy atom. The summed E-state index contributed by atoms with van der Waals surface area (Å²) in [6.45, 7) is 12.3. The maximum Gasteiger partial charge on any atom is 0.0650 e. The molecule has 1 rings (SSSR count). The highest BCUT2D eigenvalue weighted by Crippen LogP contribution is 2.50. The number of hydrogen-bond acceptors (Lipinski definition) is 1. The number of ether oxygens (including phenoxy) is 1. The minimum absolute atomic E-state index is 0.359. The van der Waals surface area contributed by atoms with Crippen LogP contribution < -0.4 is 0 Å². The van der Waals surface area contributed by atoms with Crippen LogP contribution in [0.15, 0.2) is 0 Å². The Hall–Kier alpha value is 0.440. The van der Waals surface area contributed by atoms with Crippen molar-refractivity contribution in [2.45, 2.75) is 64.8 Å². The Morgan fingerprint density at radius 3 is 2.40 bits per heavy atom. The van der Waals surface area contributed by atoms with E-state index >= 15 is 0 Å². The summed E-state index contributed by atoms with van der Waals surface area (Å²) in [4.78, 5) is 0.648. The lowest BCUT2D eigenvalue weighted by atomic mass is 9.65. The van der Waals surface area contributed by atoms with E-state index in [1.807, 2.05) is 0 Å². The largest absolute Gasteiger partial charge is 0.378 e. The first kappa shape index (κ1) is 13.5. The van der Waals surface area contributed by atoms with Gasteiger partial charge in [-0.05, 0) is 24.7 Å². The quantitative estimate of drug-likeness (QED) is 0.692. The van der Waals surface area contributed by atoms with E-state index < -0.39 is 0 Å². The van der Waals surface area contributed by atoms with E-state index in [0.717, 1.165) is 13.0 Å². The molecule has 0 aromatic rings. The molecule has 0 amide bonds. The van der Waals surface area contributed by atoms with E-state index in [-0.39, 0.29) is 0 Å². The molecule has 0 heterocycles. The Kier molecular flexibility index (Phi) is 4.27. The van der Waals surface area contributed by atoms with Crippen molar-refractivity contribution >= 4 is 15.9 Å². The zero-order valence-corrected chi connectivity index (χ0v) is 12.4. The lowest BCUT2D eigenvalue weighted by molar-refractivity contribution is -0.101. The summed E-state index contributed by atoms with van der Waals surface area (Å²) in [6.07, 6.45) is 3.99. The molecule has 0 bridgehead atoms. The van der Waals surface area contributed by atoms with Crippen molar-refractivity contribution in [1.82, 2.24) is 0 Å². The fourth-order valence-electron chi connectivity index (χ4n) is 1.98. The monoisotopic (exact) mass is 276 g/mol. The third kappa shape index (κ3) is 3.20. The van der Waals surface area contributed by atoms with Gasteiger partial charge in [-0.3, -0.25) is 0 Å². The molecule has 1 saturated carbocycles. The zero-order valence-electron chi connectivity index (χ0n) is 10.8. The third-order valence-electron chi connectivity index (χ3n) is 3.81. The van der Waals surface area contributed by atoms with Crippen LogP contribution in [-0.4, -0.2) is 17.5 Å². The molecule has 1 aliphatic rings. The van der Waals surface area contributed by atoms with Gasteiger partial charge in [0.15, 0.2) is 0 Å². The van der Waals surface area contributed by atoms with Gasteiger partial charge >= 0.3 is 0 Å². The highest BCUT2D eigenvalue weighted by Gasteiger charge is 2.49. The van der Waals surface area contributed by atoms with Gasteiger partial charge in [0.1, 0.15) is 0 Å². The normalized spacial score (nSPS) is 36.4. The summed E-state index contributed by atoms with van der Waals surface area (Å²) >= 11 is 3.73. The van der Waals surface area contributed by atoms with Crippen LogP contribution in [0.3, 0.4) is 0 Å². The zero-order chi connectivity index (χ0) is 11.7. The molecule has 90 valence electrons. The predicted octanol–water partition coefficient (Wildman–Crippen LogP) is 4.39. The smallest absolute Gasteiger partial charge is 0.0650 e. The fourth-order valence-corrected chi connectivity index (χ4v) is 2.94. The second kappa shape index (κ2) is 4.75. The first-order valence-corrected chi connectivity index (χ1v) is 6.97. The highest BCUT2D eigenvalue weighted by atomic mass is 79.9. The maximum atomic E-state index is 6.00. The predicted molar refractivity (Wildman–Crippen MR) is 69.5 cm³/mol. The molecular weight excluding hydrogens is 252 g/mol. The molecular formula is C13H25BrO. The Labute approximate surface area is 103 Å². The average Bonchev–Trinajstić information content (AvgIpc) is 2.13. The number of alkyl halides is 1. The van der Waals surface area contributed by atoms with Gasteiger partial charge in [-0.15, -0.1) is 0 Å². The van der Waals surface area contributed by atoms with Gasteiger partial charge in [0.25, 0.3) is 0 Å². The first-order valence-electron chi connectivity index (χ1n) is 6.05. The fraction of sp³-hybridized carbons (Fsp3) is 1.00. The molecule has 0 aliphatic heterocycles. The van der Waals surface area contributed by atoms with E-state index in [1.165, 1.54) is 12.8 Å². The van der Waals surface area contributed by atoms with Crippen molar-refractivity contribution in [3.63, 3.8) is 0 Å². The summed E-state index contributed by atoms with van der Waals surface area (Å²) in [7, 11) is 0. The molecule has 0 saturated heterocycles. The van der Waals surface area contributed by atoms with Crippen molar-refractivity contribution < 1.29 is 4.74 Å². The molecule has 2 heteroatoms. The molecule has 3 atom stereocenters. The molecule has 0 N–H and O–H groups in total. The molecule has 0 aromatic heterocycles. The first-order chi connectivity index (χ1) is 6.79. The standard InChI is InChI=1S/C13H25BrO/c1-6-13(5)10(14)9-11(13)15-8-7-12(2,3)4/h10-11H,6-9H2,1-5H3. The van der Waals surface area contributed by atoms with Crippen LogP contribution in [-0.2, 0) is 4.74 Å². The summed E-state index contributed by atoms with van der Waals surface area (Å²) in [5.41, 5.74) is 0.748. The van der Waals surface area contributed by atoms with Gasteiger partial charge in [-0.2, -0.15) is 0 Å². The second-order valence-corrected chi connectivity index (χ2v) is 7.34. The third-order valence-corrected chi connectivity index (χ3v) is 5.22. The van der Waals surface area contributed by atoms with Gasteiger partial charge in [-0.1, -0.05) is 50.5 Å². The van der Waals surface area contributed by atoms with E-state index in [9.17, 15) is 0 Å². The van der Waals surface area contributed by atoms with Crippen molar-refractivity contribution in [2.24, 2.45) is 10.8 Å². The van der Waals surface area contributed by atoms with Crippen molar-refractivity contribution in [2.75, 3.05) is 6.61 Å². The van der Waals surface area contributed by atoms with Crippen molar-refractivity contribution in [3.8, 4) is 0 Å². The van der Waals surface area contributed by atoms with Crippen LogP contribution in [0.1, 0.15) is 53.9 Å². The van der Waals surface area contributed by atoms with Crippen LogP contribution in [0.25, 0.3) is 0 Å². The summed E-state index contributed by atoms with van der Waals surface area (Å²) in [5, 5.41) is 0. The van der Waals surface area contributed by atoms with Crippen LogP contribution in [0.2, 0.25) is 0 Å². The topological polar surface area (TPSA) is 9.23 Å². The average molecular weight is 277 g/mol. The Bertz CT molecular complexity index is 209. The summed E-state index contributed by atoms with van der Waals surface area (Å²) in [6, 6.07) is 0. The summed E-state index contributed by atoms with van der Waals surface area (Å²) < 4.78 is 6.00. The second-order valence-electron chi connectivity index (χ2n) is 6.23. The lowest BCUT2D eigenvalue weighted by Gasteiger charge is -2.51. The Balaban J connectivity index is 2.30. The van der Waals surface area contributed by atoms with Gasteiger partial charge in [0, 0.05) is 16.8 Å². The van der Waals surface area contributed by atoms with Crippen molar-refractivity contribution in [3.05, 3.63) is 0 Å². The molecule has 1 nitrogen and oxygen atoms in total. The molecule has 0 aromatic carbocycles. The number of rotatable bonds is 4. The molecule has 3 unspecified atom stereocenters. The van der Waals surface area contributed by atoms with E-state index in [0.29, 0.717) is 21.8 Å². The van der Waals surface area contributed by atoms with Crippen LogP contribution >= 0.6 is 15.9 Å². The number of hydrogen-bond donors (Lipinski definition) is 0. The van der Waals surface area contributed by atoms with Gasteiger partial charge in [-0.25, -0.2) is 0 Å². The summed E-state index contributed by atoms with van der Waals surface area (Å²) in [5.74, 6) is 0. The van der Waals surface area contributed by atoms with Crippen LogP contribution in [0.5, 0.6) is 0 Å². The Morgan fingerprint density at radius 2 is 2.00 bits per heavy atom.